The molecule has 20 heavy (non-hydrogen) atoms. The summed E-state index contributed by atoms with van der Waals surface area (Å²) >= 11 is 0. The Labute approximate surface area is 118 Å². The Morgan fingerprint density at radius 2 is 2.20 bits per heavy atom. The molecule has 2 unspecified atom stereocenters. The molecule has 1 aromatic rings. The number of aryl methyl sites for hydroxylation is 2. The number of carboxylic acid groups (broad SMARTS) is 1. The van der Waals surface area contributed by atoms with Crippen LogP contribution >= 0.6 is 0 Å². The molecule has 0 aromatic carbocycles. The van der Waals surface area contributed by atoms with Crippen LogP contribution in [0.3, 0.4) is 0 Å². The minimum Gasteiger partial charge on any atom is -0.481 e. The minimum atomic E-state index is -0.909. The van der Waals surface area contributed by atoms with Crippen molar-refractivity contribution in [2.45, 2.75) is 39.2 Å². The lowest BCUT2D eigenvalue weighted by Crippen LogP contribution is -2.31. The van der Waals surface area contributed by atoms with E-state index in [0.717, 1.165) is 24.1 Å². The van der Waals surface area contributed by atoms with Gasteiger partial charge in [-0.1, -0.05) is 13.8 Å². The lowest BCUT2D eigenvalue weighted by molar-refractivity contribution is -0.142. The first-order valence-corrected chi connectivity index (χ1v) is 7.04. The lowest BCUT2D eigenvalue weighted by Gasteiger charge is -2.26. The highest BCUT2D eigenvalue weighted by Crippen LogP contribution is 2.39. The number of nitrogens with zero attached hydrogens (tertiary/aromatic N) is 3. The minimum absolute atomic E-state index is 0.0739. The predicted molar refractivity (Wildman–Crippen MR) is 73.1 cm³/mol. The van der Waals surface area contributed by atoms with Gasteiger partial charge >= 0.3 is 5.97 Å². The molecule has 1 aliphatic heterocycles. The normalized spacial score (nSPS) is 22.6. The van der Waals surface area contributed by atoms with E-state index in [9.17, 15) is 14.7 Å². The third kappa shape index (κ3) is 2.42. The molecule has 2 rings (SSSR count). The van der Waals surface area contributed by atoms with Gasteiger partial charge in [0.15, 0.2) is 0 Å². The number of amides is 1. The van der Waals surface area contributed by atoms with Crippen LogP contribution in [-0.4, -0.2) is 38.2 Å². The molecule has 0 radical (unpaired) electrons. The Hall–Kier alpha value is -1.85. The molecule has 0 aliphatic carbocycles. The van der Waals surface area contributed by atoms with Crippen LogP contribution < -0.4 is 0 Å². The first-order valence-electron chi connectivity index (χ1n) is 7.04. The Morgan fingerprint density at radius 3 is 2.75 bits per heavy atom. The number of carboxylic acids is 1. The van der Waals surface area contributed by atoms with Gasteiger partial charge in [-0.05, 0) is 12.8 Å². The molecular formula is C14H21N3O3. The predicted octanol–water partition coefficient (Wildman–Crippen LogP) is 1.37. The average molecular weight is 279 g/mol. The average Bonchev–Trinajstić information content (AvgIpc) is 2.91. The van der Waals surface area contributed by atoms with Crippen molar-refractivity contribution in [1.29, 1.82) is 0 Å². The van der Waals surface area contributed by atoms with Gasteiger partial charge in [0.25, 0.3) is 0 Å². The van der Waals surface area contributed by atoms with E-state index in [2.05, 4.69) is 5.10 Å². The van der Waals surface area contributed by atoms with Gasteiger partial charge in [-0.2, -0.15) is 5.10 Å². The molecule has 1 amide bonds. The smallest absolute Gasteiger partial charge is 0.309 e. The Bertz CT molecular complexity index is 524. The molecule has 0 bridgehead atoms. The van der Waals surface area contributed by atoms with Gasteiger partial charge < -0.3 is 10.0 Å². The Balaban J connectivity index is 2.45. The summed E-state index contributed by atoms with van der Waals surface area (Å²) in [6.07, 6.45) is 3.47. The fourth-order valence-electron chi connectivity index (χ4n) is 2.98. The number of aliphatic carboxylic acids is 1. The molecule has 1 saturated heterocycles. The van der Waals surface area contributed by atoms with E-state index >= 15 is 0 Å². The molecule has 0 spiro atoms. The molecule has 1 aromatic heterocycles. The van der Waals surface area contributed by atoms with E-state index in [1.807, 2.05) is 27.1 Å². The second kappa shape index (κ2) is 5.64. The van der Waals surface area contributed by atoms with Crippen LogP contribution in [0.25, 0.3) is 0 Å². The number of likely N-dealkylation sites (tertiary alicyclic amines) is 1. The van der Waals surface area contributed by atoms with Gasteiger partial charge in [-0.25, -0.2) is 0 Å². The van der Waals surface area contributed by atoms with Crippen LogP contribution in [-0.2, 0) is 23.1 Å². The zero-order chi connectivity index (χ0) is 14.9. The third-order valence-electron chi connectivity index (χ3n) is 3.80. The van der Waals surface area contributed by atoms with Crippen LogP contribution in [0.1, 0.15) is 44.0 Å². The summed E-state index contributed by atoms with van der Waals surface area (Å²) in [6.45, 7) is 4.57. The van der Waals surface area contributed by atoms with Crippen molar-refractivity contribution >= 4 is 11.9 Å². The maximum Gasteiger partial charge on any atom is 0.309 e. The van der Waals surface area contributed by atoms with Crippen molar-refractivity contribution in [3.63, 3.8) is 0 Å². The fourth-order valence-corrected chi connectivity index (χ4v) is 2.98. The van der Waals surface area contributed by atoms with Gasteiger partial charge in [0.05, 0.1) is 17.7 Å². The van der Waals surface area contributed by atoms with Crippen molar-refractivity contribution in [3.05, 3.63) is 17.5 Å². The zero-order valence-corrected chi connectivity index (χ0v) is 12.2. The van der Waals surface area contributed by atoms with Gasteiger partial charge in [0, 0.05) is 31.8 Å². The van der Waals surface area contributed by atoms with E-state index in [-0.39, 0.29) is 18.4 Å². The summed E-state index contributed by atoms with van der Waals surface area (Å²) in [4.78, 5) is 25.3. The van der Waals surface area contributed by atoms with Crippen molar-refractivity contribution in [3.8, 4) is 0 Å². The second-order valence-corrected chi connectivity index (χ2v) is 5.24. The van der Waals surface area contributed by atoms with E-state index in [1.54, 1.807) is 9.58 Å². The molecule has 2 atom stereocenters. The van der Waals surface area contributed by atoms with Crippen LogP contribution in [0.5, 0.6) is 0 Å². The van der Waals surface area contributed by atoms with E-state index in [0.29, 0.717) is 6.54 Å². The van der Waals surface area contributed by atoms with Crippen molar-refractivity contribution < 1.29 is 14.7 Å². The van der Waals surface area contributed by atoms with Crippen LogP contribution in [0.4, 0.5) is 0 Å². The standard InChI is InChI=1S/C14H21N3O3/c1-4-6-17-12(18)7-9(14(19)20)13(17)10-8-16(3)15-11(10)5-2/h8-9,13H,4-7H2,1-3H3,(H,19,20). The van der Waals surface area contributed by atoms with Crippen molar-refractivity contribution in [2.75, 3.05) is 6.54 Å². The maximum absolute atomic E-state index is 12.1. The first-order chi connectivity index (χ1) is 9.49. The highest BCUT2D eigenvalue weighted by molar-refractivity contribution is 5.87. The molecule has 1 aliphatic rings. The monoisotopic (exact) mass is 279 g/mol. The van der Waals surface area contributed by atoms with Crippen molar-refractivity contribution in [2.24, 2.45) is 13.0 Å². The van der Waals surface area contributed by atoms with E-state index in [1.165, 1.54) is 0 Å². The first kappa shape index (κ1) is 14.6. The van der Waals surface area contributed by atoms with E-state index < -0.39 is 11.9 Å². The summed E-state index contributed by atoms with van der Waals surface area (Å²) in [6, 6.07) is -0.386. The molecule has 1 fully saturated rings. The molecule has 0 saturated carbocycles. The molecule has 110 valence electrons. The van der Waals surface area contributed by atoms with Gasteiger partial charge in [-0.3, -0.25) is 14.3 Å². The Morgan fingerprint density at radius 1 is 1.50 bits per heavy atom. The van der Waals surface area contributed by atoms with Crippen molar-refractivity contribution in [1.82, 2.24) is 14.7 Å². The summed E-state index contributed by atoms with van der Waals surface area (Å²) in [7, 11) is 1.82. The number of aromatic nitrogens is 2. The van der Waals surface area contributed by atoms with Gasteiger partial charge in [-0.15, -0.1) is 0 Å². The topological polar surface area (TPSA) is 75.4 Å². The largest absolute Gasteiger partial charge is 0.481 e. The summed E-state index contributed by atoms with van der Waals surface area (Å²) in [5, 5.41) is 13.8. The molecule has 6 nitrogen and oxygen atoms in total. The summed E-state index contributed by atoms with van der Waals surface area (Å²) in [5.74, 6) is -1.66. The molecular weight excluding hydrogens is 258 g/mol. The molecule has 2 heterocycles. The zero-order valence-electron chi connectivity index (χ0n) is 12.2. The van der Waals surface area contributed by atoms with Gasteiger partial charge in [0.2, 0.25) is 5.91 Å². The SMILES string of the molecule is CCCN1C(=O)CC(C(=O)O)C1c1cn(C)nc1CC. The lowest BCUT2D eigenvalue weighted by atomic mass is 9.93. The fraction of sp³-hybridized carbons (Fsp3) is 0.643. The summed E-state index contributed by atoms with van der Waals surface area (Å²) in [5.41, 5.74) is 1.75. The quantitative estimate of drug-likeness (QED) is 0.883. The number of hydrogen-bond acceptors (Lipinski definition) is 3. The van der Waals surface area contributed by atoms with Crippen LogP contribution in [0, 0.1) is 5.92 Å². The number of hydrogen-bond donors (Lipinski definition) is 1. The van der Waals surface area contributed by atoms with E-state index in [4.69, 9.17) is 0 Å². The highest BCUT2D eigenvalue weighted by atomic mass is 16.4. The maximum atomic E-state index is 12.1. The number of carbonyl (C=O) groups is 2. The second-order valence-electron chi connectivity index (χ2n) is 5.24. The Kier molecular flexibility index (Phi) is 4.11. The van der Waals surface area contributed by atoms with Gasteiger partial charge in [0.1, 0.15) is 0 Å². The molecule has 6 heteroatoms. The van der Waals surface area contributed by atoms with Crippen LogP contribution in [0.2, 0.25) is 0 Å². The summed E-state index contributed by atoms with van der Waals surface area (Å²) < 4.78 is 1.69. The number of rotatable bonds is 5. The highest BCUT2D eigenvalue weighted by Gasteiger charge is 2.45. The molecule has 1 N–H and O–H groups in total. The van der Waals surface area contributed by atoms with Crippen LogP contribution in [0.15, 0.2) is 6.20 Å². The third-order valence-corrected chi connectivity index (χ3v) is 3.80. The number of carbonyl (C=O) groups excluding carboxylic acids is 1.